The largest absolute Gasteiger partial charge is 0.489 e. The van der Waals surface area contributed by atoms with Crippen LogP contribution in [-0.2, 0) is 14.4 Å². The van der Waals surface area contributed by atoms with Crippen LogP contribution in [0.2, 0.25) is 0 Å². The number of anilines is 1. The second-order valence-corrected chi connectivity index (χ2v) is 6.76. The molecule has 0 spiro atoms. The van der Waals surface area contributed by atoms with Gasteiger partial charge in [-0.15, -0.1) is 0 Å². The van der Waals surface area contributed by atoms with E-state index in [9.17, 15) is 14.4 Å². The van der Waals surface area contributed by atoms with Crippen molar-refractivity contribution in [2.45, 2.75) is 19.9 Å². The van der Waals surface area contributed by atoms with Gasteiger partial charge in [-0.1, -0.05) is 24.3 Å². The van der Waals surface area contributed by atoms with Gasteiger partial charge in [0.1, 0.15) is 24.1 Å². The van der Waals surface area contributed by atoms with Gasteiger partial charge in [-0.2, -0.15) is 0 Å². The molecule has 0 aromatic heterocycles. The van der Waals surface area contributed by atoms with Crippen LogP contribution in [-0.4, -0.2) is 55.2 Å². The van der Waals surface area contributed by atoms with Crippen LogP contribution in [0.4, 0.5) is 5.69 Å². The van der Waals surface area contributed by atoms with Crippen molar-refractivity contribution < 1.29 is 19.1 Å². The number of nitrogens with one attached hydrogen (secondary N) is 3. The highest BCUT2D eigenvalue weighted by molar-refractivity contribution is 6.42. The molecule has 3 N–H and O–H groups in total. The maximum Gasteiger partial charge on any atom is 0.269 e. The molecule has 0 saturated carbocycles. The second-order valence-electron chi connectivity index (χ2n) is 6.76. The van der Waals surface area contributed by atoms with E-state index in [1.807, 2.05) is 13.0 Å². The zero-order chi connectivity index (χ0) is 22.8. The summed E-state index contributed by atoms with van der Waals surface area (Å²) in [5.41, 5.74) is 0.797. The van der Waals surface area contributed by atoms with Gasteiger partial charge in [0.15, 0.2) is 0 Å². The number of benzene rings is 1. The summed E-state index contributed by atoms with van der Waals surface area (Å²) in [5, 5.41) is 13.5. The summed E-state index contributed by atoms with van der Waals surface area (Å²) < 4.78 is 5.66. The topological polar surface area (TPSA) is 115 Å². The molecule has 9 heteroatoms. The highest BCUT2D eigenvalue weighted by Crippen LogP contribution is 2.29. The lowest BCUT2D eigenvalue weighted by atomic mass is 10.2. The van der Waals surface area contributed by atoms with Crippen molar-refractivity contribution in [1.29, 1.82) is 5.41 Å². The first kappa shape index (κ1) is 23.4. The lowest BCUT2D eigenvalue weighted by Gasteiger charge is -2.20. The van der Waals surface area contributed by atoms with Crippen LogP contribution in [0.5, 0.6) is 5.75 Å². The first-order chi connectivity index (χ1) is 14.9. The third-order valence-electron chi connectivity index (χ3n) is 4.43. The van der Waals surface area contributed by atoms with Gasteiger partial charge < -0.3 is 25.2 Å². The minimum Gasteiger partial charge on any atom is -0.489 e. The number of carbonyl (C=O) groups excluding carboxylic acids is 3. The molecular weight excluding hydrogens is 398 g/mol. The number of hydrogen-bond acceptors (Lipinski definition) is 6. The third kappa shape index (κ3) is 6.56. The summed E-state index contributed by atoms with van der Waals surface area (Å²) in [7, 11) is 1.61. The summed E-state index contributed by atoms with van der Waals surface area (Å²) >= 11 is 0. The van der Waals surface area contributed by atoms with Gasteiger partial charge in [0.2, 0.25) is 6.41 Å². The fourth-order valence-corrected chi connectivity index (χ4v) is 2.74. The second kappa shape index (κ2) is 11.3. The van der Waals surface area contributed by atoms with E-state index < -0.39 is 11.9 Å². The summed E-state index contributed by atoms with van der Waals surface area (Å²) in [6.45, 7) is 3.67. The van der Waals surface area contributed by atoms with E-state index in [0.717, 1.165) is 0 Å². The number of ether oxygens (including phenoxy) is 1. The van der Waals surface area contributed by atoms with Gasteiger partial charge in [0.25, 0.3) is 11.8 Å². The molecule has 1 aliphatic heterocycles. The lowest BCUT2D eigenvalue weighted by Crippen LogP contribution is -2.50. The predicted molar refractivity (Wildman–Crippen MR) is 119 cm³/mol. The van der Waals surface area contributed by atoms with Crippen LogP contribution >= 0.6 is 0 Å². The Labute approximate surface area is 181 Å². The Morgan fingerprint density at radius 2 is 2.10 bits per heavy atom. The predicted octanol–water partition coefficient (Wildman–Crippen LogP) is 1.55. The number of rotatable bonds is 9. The zero-order valence-corrected chi connectivity index (χ0v) is 17.8. The minimum atomic E-state index is -0.922. The van der Waals surface area contributed by atoms with E-state index in [1.54, 1.807) is 56.6 Å². The third-order valence-corrected chi connectivity index (χ3v) is 4.43. The summed E-state index contributed by atoms with van der Waals surface area (Å²) in [6, 6.07) is 6.18. The number of likely N-dealkylation sites (N-methyl/N-ethyl adjacent to an activating group) is 1. The number of para-hydroxylation sites is 2. The Balaban J connectivity index is 1.95. The van der Waals surface area contributed by atoms with E-state index >= 15 is 0 Å². The monoisotopic (exact) mass is 425 g/mol. The molecule has 164 valence electrons. The molecule has 0 unspecified atom stereocenters. The highest BCUT2D eigenvalue weighted by atomic mass is 16.5. The molecule has 0 aliphatic carbocycles. The van der Waals surface area contributed by atoms with E-state index in [2.05, 4.69) is 10.6 Å². The van der Waals surface area contributed by atoms with Crippen molar-refractivity contribution in [3.63, 3.8) is 0 Å². The first-order valence-corrected chi connectivity index (χ1v) is 9.69. The standard InChI is InChI=1S/C22H27N5O4/c1-4-5-8-11-27(15-28)14-24-16(2)12-17(23)21(29)25-18-13-31-20-10-7-6-9-19(20)26(3)22(18)30/h4-12,15,18,23-24H,13-14H2,1-3H3,(H,25,29)/b5-4-,11-8-,16-12-,23-17?/t18-/m0/s1. The van der Waals surface area contributed by atoms with Crippen LogP contribution in [0.3, 0.4) is 0 Å². The highest BCUT2D eigenvalue weighted by Gasteiger charge is 2.30. The molecular formula is C22H27N5O4. The molecule has 31 heavy (non-hydrogen) atoms. The van der Waals surface area contributed by atoms with Gasteiger partial charge in [0, 0.05) is 18.9 Å². The summed E-state index contributed by atoms with van der Waals surface area (Å²) in [5.74, 6) is -0.490. The number of fused-ring (bicyclic) bond motifs is 1. The SMILES string of the molecule is C/C=C\C=C/N(C=O)CN/C(C)=C\C(=N)C(=O)N[C@H]1COc2ccccc2N(C)C1=O. The molecule has 0 fully saturated rings. The van der Waals surface area contributed by atoms with Gasteiger partial charge in [-0.25, -0.2) is 0 Å². The van der Waals surface area contributed by atoms with Crippen LogP contribution < -0.4 is 20.3 Å². The van der Waals surface area contributed by atoms with Crippen molar-refractivity contribution in [3.8, 4) is 5.75 Å². The number of hydrogen-bond donors (Lipinski definition) is 3. The average Bonchev–Trinajstić information content (AvgIpc) is 2.88. The van der Waals surface area contributed by atoms with Gasteiger partial charge in [-0.3, -0.25) is 19.8 Å². The quantitative estimate of drug-likeness (QED) is 0.240. The van der Waals surface area contributed by atoms with Crippen molar-refractivity contribution >= 4 is 29.6 Å². The molecule has 0 bridgehead atoms. The van der Waals surface area contributed by atoms with Crippen LogP contribution in [0, 0.1) is 5.41 Å². The van der Waals surface area contributed by atoms with E-state index in [-0.39, 0.29) is 24.9 Å². The summed E-state index contributed by atoms with van der Waals surface area (Å²) in [4.78, 5) is 39.0. The maximum absolute atomic E-state index is 12.7. The smallest absolute Gasteiger partial charge is 0.269 e. The van der Waals surface area contributed by atoms with E-state index in [0.29, 0.717) is 23.5 Å². The zero-order valence-electron chi connectivity index (χ0n) is 17.8. The molecule has 1 atom stereocenters. The molecule has 1 aromatic rings. The minimum absolute atomic E-state index is 0.0347. The fourth-order valence-electron chi connectivity index (χ4n) is 2.74. The molecule has 9 nitrogen and oxygen atoms in total. The molecule has 1 aromatic carbocycles. The van der Waals surface area contributed by atoms with Gasteiger partial charge in [-0.05, 0) is 38.1 Å². The normalized spacial score (nSPS) is 16.5. The van der Waals surface area contributed by atoms with E-state index in [1.165, 1.54) is 15.9 Å². The number of nitrogens with zero attached hydrogens (tertiary/aromatic N) is 2. The molecule has 0 radical (unpaired) electrons. The van der Waals surface area contributed by atoms with Crippen molar-refractivity contribution in [1.82, 2.24) is 15.5 Å². The average molecular weight is 425 g/mol. The Bertz CT molecular complexity index is 922. The number of carbonyl (C=O) groups is 3. The van der Waals surface area contributed by atoms with Crippen molar-refractivity contribution in [2.75, 3.05) is 25.2 Å². The van der Waals surface area contributed by atoms with Gasteiger partial charge >= 0.3 is 0 Å². The van der Waals surface area contributed by atoms with Gasteiger partial charge in [0.05, 0.1) is 12.4 Å². The number of amides is 3. The van der Waals surface area contributed by atoms with Crippen molar-refractivity contribution in [3.05, 3.63) is 60.5 Å². The lowest BCUT2D eigenvalue weighted by molar-refractivity contribution is -0.124. The Morgan fingerprint density at radius 1 is 1.35 bits per heavy atom. The van der Waals surface area contributed by atoms with E-state index in [4.69, 9.17) is 10.1 Å². The number of allylic oxidation sites excluding steroid dienone is 4. The fraction of sp³-hybridized carbons (Fsp3) is 0.273. The maximum atomic E-state index is 12.7. The molecule has 2 rings (SSSR count). The van der Waals surface area contributed by atoms with Crippen LogP contribution in [0.15, 0.2) is 60.5 Å². The Morgan fingerprint density at radius 3 is 2.81 bits per heavy atom. The molecule has 1 heterocycles. The molecule has 0 saturated heterocycles. The Hall–Kier alpha value is -3.88. The van der Waals surface area contributed by atoms with Crippen LogP contribution in [0.25, 0.3) is 0 Å². The molecule has 1 aliphatic rings. The van der Waals surface area contributed by atoms with Crippen molar-refractivity contribution in [2.24, 2.45) is 0 Å². The van der Waals surface area contributed by atoms with Crippen LogP contribution in [0.1, 0.15) is 13.8 Å². The first-order valence-electron chi connectivity index (χ1n) is 9.69. The molecule has 3 amide bonds. The summed E-state index contributed by atoms with van der Waals surface area (Å²) in [6.07, 6.45) is 8.91. The Kier molecular flexibility index (Phi) is 8.56.